The Morgan fingerprint density at radius 1 is 0.525 bits per heavy atom. The fraction of sp³-hybridized carbons (Fsp3) is 0.583. The van der Waals surface area contributed by atoms with E-state index in [4.69, 9.17) is 29.5 Å². The van der Waals surface area contributed by atoms with Crippen molar-refractivity contribution in [1.29, 1.82) is 0 Å². The monoisotopic (exact) mass is 869 g/mol. The predicted octanol–water partition coefficient (Wildman–Crippen LogP) is -0.445. The SMILES string of the molecule is O=C(O)NC(CC1=C(O)C(=O)C(CCOCCO)C=N1)N(C(CC1=C(O)C(=O)C(CCOCCO)C=N1)NC(=O)O)C(CC1=C(O)C(=O)C(CCOCCO)C=N1)NC(=O)O. The van der Waals surface area contributed by atoms with Crippen LogP contribution in [0.2, 0.25) is 0 Å². The lowest BCUT2D eigenvalue weighted by Crippen LogP contribution is -2.65. The van der Waals surface area contributed by atoms with Crippen LogP contribution in [-0.2, 0) is 28.6 Å². The number of carbonyl (C=O) groups excluding carboxylic acids is 3. The van der Waals surface area contributed by atoms with E-state index in [9.17, 15) is 59.4 Å². The summed E-state index contributed by atoms with van der Waals surface area (Å²) in [5.41, 5.74) is -1.33. The van der Waals surface area contributed by atoms with Crippen LogP contribution in [0.1, 0.15) is 38.5 Å². The molecule has 0 bridgehead atoms. The lowest BCUT2D eigenvalue weighted by atomic mass is 9.94. The van der Waals surface area contributed by atoms with Crippen LogP contribution in [0.15, 0.2) is 49.3 Å². The molecule has 61 heavy (non-hydrogen) atoms. The van der Waals surface area contributed by atoms with Gasteiger partial charge in [0.05, 0.1) is 93.0 Å². The highest BCUT2D eigenvalue weighted by molar-refractivity contribution is 6.08. The quantitative estimate of drug-likeness (QED) is 0.0367. The summed E-state index contributed by atoms with van der Waals surface area (Å²) in [5.74, 6) is -8.37. The molecule has 25 heteroatoms. The highest BCUT2D eigenvalue weighted by Crippen LogP contribution is 2.30. The molecule has 0 saturated carbocycles. The number of hydrogen-bond acceptors (Lipinski definition) is 19. The average molecular weight is 870 g/mol. The van der Waals surface area contributed by atoms with Gasteiger partial charge in [-0.15, -0.1) is 0 Å². The molecule has 0 spiro atoms. The molecule has 12 N–H and O–H groups in total. The molecule has 0 aromatic rings. The van der Waals surface area contributed by atoms with Crippen molar-refractivity contribution in [3.63, 3.8) is 0 Å². The molecule has 0 aromatic heterocycles. The van der Waals surface area contributed by atoms with E-state index in [0.29, 0.717) is 0 Å². The fourth-order valence-corrected chi connectivity index (χ4v) is 6.40. The van der Waals surface area contributed by atoms with E-state index < -0.39 is 126 Å². The molecule has 0 saturated heterocycles. The van der Waals surface area contributed by atoms with Crippen LogP contribution in [-0.4, -0.2) is 183 Å². The van der Waals surface area contributed by atoms with Gasteiger partial charge in [-0.05, 0) is 19.3 Å². The minimum Gasteiger partial charge on any atom is -0.503 e. The number of allylic oxidation sites excluding steroid dienone is 3. The van der Waals surface area contributed by atoms with Gasteiger partial charge in [-0.1, -0.05) is 0 Å². The highest BCUT2D eigenvalue weighted by Gasteiger charge is 2.41. The normalized spacial score (nSPS) is 20.7. The van der Waals surface area contributed by atoms with Crippen molar-refractivity contribution >= 4 is 54.3 Å². The standard InChI is InChI=1S/C36H51N7O18/c44-4-10-59-7-1-19-16-37-22(31(50)28(19)47)13-25(40-34(53)54)43(26(41-35(55)56)14-23-32(51)29(48)20(17-38-23)2-8-60-11-5-45)27(42-36(57)58)15-24-33(52)30(49)21(18-39-24)3-9-61-12-6-46/h16-21,25-27,40-42,44-46,50-52H,1-15H2,(H,53,54)(H,55,56)(H,57,58). The zero-order valence-corrected chi connectivity index (χ0v) is 32.8. The van der Waals surface area contributed by atoms with E-state index >= 15 is 0 Å². The second kappa shape index (κ2) is 25.1. The number of Topliss-reactive ketones (excluding diaryl/α,β-unsaturated/α-hetero) is 3. The zero-order valence-electron chi connectivity index (χ0n) is 32.8. The first-order valence-electron chi connectivity index (χ1n) is 19.0. The van der Waals surface area contributed by atoms with Crippen LogP contribution in [0.4, 0.5) is 14.4 Å². The van der Waals surface area contributed by atoms with Crippen LogP contribution in [0.25, 0.3) is 0 Å². The largest absolute Gasteiger partial charge is 0.503 e. The number of carbonyl (C=O) groups is 6. The van der Waals surface area contributed by atoms with E-state index in [0.717, 1.165) is 23.5 Å². The lowest BCUT2D eigenvalue weighted by molar-refractivity contribution is -0.121. The third kappa shape index (κ3) is 15.0. The van der Waals surface area contributed by atoms with Crippen molar-refractivity contribution in [3.8, 4) is 0 Å². The maximum Gasteiger partial charge on any atom is 0.405 e. The Bertz CT molecular complexity index is 1580. The Labute approximate surface area is 347 Å². The molecule has 6 atom stereocenters. The Hall–Kier alpha value is -5.83. The number of hydrogen-bond donors (Lipinski definition) is 12. The molecule has 0 fully saturated rings. The van der Waals surface area contributed by atoms with E-state index in [-0.39, 0.29) is 78.7 Å². The summed E-state index contributed by atoms with van der Waals surface area (Å²) in [6.07, 6.45) is -9.81. The molecule has 0 radical (unpaired) electrons. The van der Waals surface area contributed by atoms with Gasteiger partial charge < -0.3 is 76.1 Å². The van der Waals surface area contributed by atoms with Gasteiger partial charge in [0.25, 0.3) is 0 Å². The molecule has 3 rings (SSSR count). The number of amides is 3. The van der Waals surface area contributed by atoms with Gasteiger partial charge in [0.15, 0.2) is 17.3 Å². The number of aliphatic hydroxyl groups is 6. The summed E-state index contributed by atoms with van der Waals surface area (Å²) in [4.78, 5) is 90.1. The van der Waals surface area contributed by atoms with Gasteiger partial charge >= 0.3 is 18.3 Å². The number of carboxylic acid groups (broad SMARTS) is 3. The van der Waals surface area contributed by atoms with Crippen LogP contribution >= 0.6 is 0 Å². The molecule has 6 unspecified atom stereocenters. The molecule has 3 amide bonds. The summed E-state index contributed by atoms with van der Waals surface area (Å²) < 4.78 is 15.5. The summed E-state index contributed by atoms with van der Waals surface area (Å²) in [7, 11) is 0. The topological polar surface area (TPSA) is 389 Å². The van der Waals surface area contributed by atoms with Crippen molar-refractivity contribution in [2.24, 2.45) is 32.7 Å². The van der Waals surface area contributed by atoms with Crippen molar-refractivity contribution in [1.82, 2.24) is 20.9 Å². The van der Waals surface area contributed by atoms with E-state index in [2.05, 4.69) is 30.9 Å². The summed E-state index contributed by atoms with van der Waals surface area (Å²) in [6, 6.07) is 0. The van der Waals surface area contributed by atoms with Gasteiger partial charge in [0.2, 0.25) is 17.3 Å². The van der Waals surface area contributed by atoms with E-state index in [1.54, 1.807) is 0 Å². The highest BCUT2D eigenvalue weighted by atomic mass is 16.5. The number of nitrogens with one attached hydrogen (secondary N) is 3. The van der Waals surface area contributed by atoms with Crippen LogP contribution in [0.5, 0.6) is 0 Å². The Kier molecular flexibility index (Phi) is 20.4. The van der Waals surface area contributed by atoms with Gasteiger partial charge in [0.1, 0.15) is 0 Å². The lowest BCUT2D eigenvalue weighted by Gasteiger charge is -2.43. The van der Waals surface area contributed by atoms with E-state index in [1.807, 2.05) is 0 Å². The Morgan fingerprint density at radius 2 is 0.787 bits per heavy atom. The minimum absolute atomic E-state index is 0.00844. The Morgan fingerprint density at radius 3 is 1.02 bits per heavy atom. The van der Waals surface area contributed by atoms with Crippen LogP contribution in [0.3, 0.4) is 0 Å². The molecular weight excluding hydrogens is 818 g/mol. The van der Waals surface area contributed by atoms with Crippen molar-refractivity contribution in [3.05, 3.63) is 34.4 Å². The first-order chi connectivity index (χ1) is 29.1. The molecule has 3 heterocycles. The fourth-order valence-electron chi connectivity index (χ4n) is 6.40. The number of aliphatic imine (C=N–C) groups is 3. The maximum absolute atomic E-state index is 13.2. The summed E-state index contributed by atoms with van der Waals surface area (Å²) >= 11 is 0. The van der Waals surface area contributed by atoms with Gasteiger partial charge in [-0.3, -0.25) is 29.4 Å². The third-order valence-corrected chi connectivity index (χ3v) is 9.30. The van der Waals surface area contributed by atoms with Gasteiger partial charge in [0, 0.05) is 57.7 Å². The van der Waals surface area contributed by atoms with Gasteiger partial charge in [-0.2, -0.15) is 0 Å². The third-order valence-electron chi connectivity index (χ3n) is 9.30. The number of nitrogens with zero attached hydrogens (tertiary/aromatic N) is 4. The summed E-state index contributed by atoms with van der Waals surface area (Å²) in [6.45, 7) is -0.942. The second-order valence-electron chi connectivity index (χ2n) is 13.5. The van der Waals surface area contributed by atoms with Crippen LogP contribution in [0, 0.1) is 17.8 Å². The van der Waals surface area contributed by atoms with Crippen molar-refractivity contribution in [2.75, 3.05) is 59.5 Å². The number of rotatable bonds is 27. The molecular formula is C36H51N7O18. The molecule has 0 aliphatic carbocycles. The number of ether oxygens (including phenoxy) is 3. The van der Waals surface area contributed by atoms with E-state index in [1.165, 1.54) is 0 Å². The summed E-state index contributed by atoms with van der Waals surface area (Å²) in [5, 5.41) is 96.3. The molecule has 25 nitrogen and oxygen atoms in total. The smallest absolute Gasteiger partial charge is 0.405 e. The maximum atomic E-state index is 13.2. The minimum atomic E-state index is -1.87. The molecule has 3 aliphatic heterocycles. The number of ketones is 3. The van der Waals surface area contributed by atoms with Crippen LogP contribution < -0.4 is 16.0 Å². The Balaban J connectivity index is 2.14. The second-order valence-corrected chi connectivity index (χ2v) is 13.5. The molecule has 338 valence electrons. The predicted molar refractivity (Wildman–Crippen MR) is 208 cm³/mol. The zero-order chi connectivity index (χ0) is 45.1. The molecule has 3 aliphatic rings. The van der Waals surface area contributed by atoms with Crippen molar-refractivity contribution < 1.29 is 88.9 Å². The van der Waals surface area contributed by atoms with Crippen molar-refractivity contribution in [2.45, 2.75) is 57.0 Å². The molecule has 0 aromatic carbocycles. The first-order valence-corrected chi connectivity index (χ1v) is 19.0. The number of aliphatic hydroxyl groups excluding tert-OH is 6. The van der Waals surface area contributed by atoms with Gasteiger partial charge in [-0.25, -0.2) is 19.3 Å². The first kappa shape index (κ1) is 49.5. The average Bonchev–Trinajstić information content (AvgIpc) is 3.20.